The Balaban J connectivity index is 2.74. The summed E-state index contributed by atoms with van der Waals surface area (Å²) in [6, 6.07) is 8.66. The molecule has 0 aliphatic rings. The second kappa shape index (κ2) is 6.46. The first-order chi connectivity index (χ1) is 8.17. The first-order valence-corrected chi connectivity index (χ1v) is 5.08. The normalized spacial score (nSPS) is 11.3. The summed E-state index contributed by atoms with van der Waals surface area (Å²) in [6.45, 7) is 5.16. The summed E-state index contributed by atoms with van der Waals surface area (Å²) in [7, 11) is 0. The zero-order chi connectivity index (χ0) is 12.7. The summed E-state index contributed by atoms with van der Waals surface area (Å²) in [5, 5.41) is 8.93. The molecule has 88 valence electrons. The second-order valence-electron chi connectivity index (χ2n) is 3.29. The molecular weight excluding hydrogens is 218 g/mol. The lowest BCUT2D eigenvalue weighted by Gasteiger charge is -2.09. The van der Waals surface area contributed by atoms with Gasteiger partial charge in [0.25, 0.3) is 0 Å². The molecule has 17 heavy (non-hydrogen) atoms. The van der Waals surface area contributed by atoms with E-state index in [0.717, 1.165) is 0 Å². The minimum Gasteiger partial charge on any atom is -0.427 e. The van der Waals surface area contributed by atoms with E-state index in [0.29, 0.717) is 17.9 Å². The van der Waals surface area contributed by atoms with Crippen molar-refractivity contribution in [1.29, 1.82) is 5.26 Å². The molecule has 0 fully saturated rings. The summed E-state index contributed by atoms with van der Waals surface area (Å²) >= 11 is 0. The fourth-order valence-corrected chi connectivity index (χ4v) is 1.25. The monoisotopic (exact) mass is 231 g/mol. The molecule has 0 amide bonds. The Labute approximate surface area is 100 Å². The number of carbonyl (C=O) groups is 1. The van der Waals surface area contributed by atoms with E-state index in [1.807, 2.05) is 6.07 Å². The molecule has 1 rings (SSSR count). The summed E-state index contributed by atoms with van der Waals surface area (Å²) in [5.41, 5.74) is 0.713. The number of esters is 1. The van der Waals surface area contributed by atoms with Gasteiger partial charge in [-0.05, 0) is 17.7 Å². The van der Waals surface area contributed by atoms with Crippen LogP contribution in [0.15, 0.2) is 36.9 Å². The predicted octanol–water partition coefficient (Wildman–Crippen LogP) is 2.38. The first kappa shape index (κ1) is 12.9. The van der Waals surface area contributed by atoms with Crippen LogP contribution in [-0.4, -0.2) is 12.6 Å². The van der Waals surface area contributed by atoms with E-state index in [9.17, 15) is 4.79 Å². The van der Waals surface area contributed by atoms with Crippen molar-refractivity contribution < 1.29 is 14.3 Å². The highest BCUT2D eigenvalue weighted by atomic mass is 16.5. The van der Waals surface area contributed by atoms with Crippen LogP contribution in [-0.2, 0) is 9.53 Å². The van der Waals surface area contributed by atoms with Crippen molar-refractivity contribution in [1.82, 2.24) is 0 Å². The highest BCUT2D eigenvalue weighted by Crippen LogP contribution is 2.20. The topological polar surface area (TPSA) is 59.3 Å². The molecule has 0 aromatic heterocycles. The molecular formula is C13H13NO3. The molecule has 0 N–H and O–H groups in total. The Hall–Kier alpha value is -2.12. The molecule has 0 aliphatic carbocycles. The molecule has 0 saturated carbocycles. The average molecular weight is 231 g/mol. The van der Waals surface area contributed by atoms with E-state index < -0.39 is 6.10 Å². The summed E-state index contributed by atoms with van der Waals surface area (Å²) < 4.78 is 10.1. The molecule has 1 atom stereocenters. The predicted molar refractivity (Wildman–Crippen MR) is 62.3 cm³/mol. The zero-order valence-electron chi connectivity index (χ0n) is 9.55. The number of nitrogens with zero attached hydrogens (tertiary/aromatic N) is 1. The van der Waals surface area contributed by atoms with Gasteiger partial charge in [-0.2, -0.15) is 5.26 Å². The first-order valence-electron chi connectivity index (χ1n) is 5.08. The standard InChI is InChI=1S/C13H13NO3/c1-3-8-16-13(9-14)11-4-6-12(7-5-11)17-10(2)15/h3-7,13H,1,8H2,2H3/t13-/m0/s1. The van der Waals surface area contributed by atoms with E-state index in [1.165, 1.54) is 6.92 Å². The molecule has 1 aromatic rings. The van der Waals surface area contributed by atoms with Gasteiger partial charge in [0.2, 0.25) is 0 Å². The quantitative estimate of drug-likeness (QED) is 0.443. The van der Waals surface area contributed by atoms with E-state index in [2.05, 4.69) is 6.58 Å². The summed E-state index contributed by atoms with van der Waals surface area (Å²) in [4.78, 5) is 10.7. The third kappa shape index (κ3) is 4.09. The van der Waals surface area contributed by atoms with Gasteiger partial charge in [0, 0.05) is 6.92 Å². The molecule has 0 aliphatic heterocycles. The van der Waals surface area contributed by atoms with Crippen LogP contribution in [0.3, 0.4) is 0 Å². The molecule has 4 nitrogen and oxygen atoms in total. The van der Waals surface area contributed by atoms with Gasteiger partial charge in [-0.15, -0.1) is 6.58 Å². The number of rotatable bonds is 5. The van der Waals surface area contributed by atoms with Crippen molar-refractivity contribution in [3.05, 3.63) is 42.5 Å². The number of carbonyl (C=O) groups excluding carboxylic acids is 1. The van der Waals surface area contributed by atoms with Gasteiger partial charge >= 0.3 is 5.97 Å². The Bertz CT molecular complexity index is 431. The van der Waals surface area contributed by atoms with Crippen LogP contribution >= 0.6 is 0 Å². The highest BCUT2D eigenvalue weighted by molar-refractivity contribution is 5.69. The van der Waals surface area contributed by atoms with E-state index in [1.54, 1.807) is 30.3 Å². The van der Waals surface area contributed by atoms with Gasteiger partial charge in [-0.3, -0.25) is 4.79 Å². The third-order valence-electron chi connectivity index (χ3n) is 1.94. The molecule has 0 spiro atoms. The van der Waals surface area contributed by atoms with Crippen LogP contribution in [0.5, 0.6) is 5.75 Å². The van der Waals surface area contributed by atoms with Gasteiger partial charge in [0.1, 0.15) is 5.75 Å². The number of benzene rings is 1. The van der Waals surface area contributed by atoms with Gasteiger partial charge in [0.05, 0.1) is 12.7 Å². The Morgan fingerprint density at radius 1 is 1.53 bits per heavy atom. The van der Waals surface area contributed by atoms with Crippen molar-refractivity contribution in [2.24, 2.45) is 0 Å². The van der Waals surface area contributed by atoms with Gasteiger partial charge in [-0.1, -0.05) is 18.2 Å². The lowest BCUT2D eigenvalue weighted by atomic mass is 10.1. The number of ether oxygens (including phenoxy) is 2. The maximum atomic E-state index is 10.7. The van der Waals surface area contributed by atoms with E-state index >= 15 is 0 Å². The SMILES string of the molecule is C=CCO[C@@H](C#N)c1ccc(OC(C)=O)cc1. The molecule has 0 unspecified atom stereocenters. The van der Waals surface area contributed by atoms with Gasteiger partial charge < -0.3 is 9.47 Å². The Kier molecular flexibility index (Phi) is 4.92. The van der Waals surface area contributed by atoms with Crippen molar-refractivity contribution in [2.75, 3.05) is 6.61 Å². The molecule has 0 heterocycles. The highest BCUT2D eigenvalue weighted by Gasteiger charge is 2.10. The van der Waals surface area contributed by atoms with Gasteiger partial charge in [0.15, 0.2) is 6.10 Å². The lowest BCUT2D eigenvalue weighted by molar-refractivity contribution is -0.131. The maximum Gasteiger partial charge on any atom is 0.308 e. The number of hydrogen-bond donors (Lipinski definition) is 0. The second-order valence-corrected chi connectivity index (χ2v) is 3.29. The zero-order valence-corrected chi connectivity index (χ0v) is 9.55. The molecule has 0 bridgehead atoms. The van der Waals surface area contributed by atoms with Crippen molar-refractivity contribution in [3.8, 4) is 11.8 Å². The summed E-state index contributed by atoms with van der Waals surface area (Å²) in [5.74, 6) is 0.0687. The molecule has 1 aromatic carbocycles. The Morgan fingerprint density at radius 2 is 2.18 bits per heavy atom. The van der Waals surface area contributed by atoms with E-state index in [-0.39, 0.29) is 5.97 Å². The van der Waals surface area contributed by atoms with Crippen molar-refractivity contribution in [2.45, 2.75) is 13.0 Å². The molecule has 0 radical (unpaired) electrons. The van der Waals surface area contributed by atoms with Crippen LogP contribution in [0.25, 0.3) is 0 Å². The third-order valence-corrected chi connectivity index (χ3v) is 1.94. The minimum atomic E-state index is -0.639. The lowest BCUT2D eigenvalue weighted by Crippen LogP contribution is -2.03. The van der Waals surface area contributed by atoms with Crippen LogP contribution in [0, 0.1) is 11.3 Å². The molecule has 4 heteroatoms. The van der Waals surface area contributed by atoms with Crippen molar-refractivity contribution >= 4 is 5.97 Å². The smallest absolute Gasteiger partial charge is 0.308 e. The van der Waals surface area contributed by atoms with Crippen LogP contribution in [0.4, 0.5) is 0 Å². The molecule has 0 saturated heterocycles. The fraction of sp³-hybridized carbons (Fsp3) is 0.231. The number of nitriles is 1. The van der Waals surface area contributed by atoms with Crippen LogP contribution in [0.1, 0.15) is 18.6 Å². The maximum absolute atomic E-state index is 10.7. The van der Waals surface area contributed by atoms with Crippen molar-refractivity contribution in [3.63, 3.8) is 0 Å². The van der Waals surface area contributed by atoms with Crippen LogP contribution in [0.2, 0.25) is 0 Å². The Morgan fingerprint density at radius 3 is 2.65 bits per heavy atom. The van der Waals surface area contributed by atoms with Gasteiger partial charge in [-0.25, -0.2) is 0 Å². The summed E-state index contributed by atoms with van der Waals surface area (Å²) in [6.07, 6.45) is 0.941. The minimum absolute atomic E-state index is 0.309. The fourth-order valence-electron chi connectivity index (χ4n) is 1.25. The number of hydrogen-bond acceptors (Lipinski definition) is 4. The average Bonchev–Trinajstić information content (AvgIpc) is 2.31. The van der Waals surface area contributed by atoms with Crippen LogP contribution < -0.4 is 4.74 Å². The van der Waals surface area contributed by atoms with E-state index in [4.69, 9.17) is 14.7 Å². The largest absolute Gasteiger partial charge is 0.427 e.